The van der Waals surface area contributed by atoms with Gasteiger partial charge in [-0.2, -0.15) is 5.26 Å². The van der Waals surface area contributed by atoms with Crippen LogP contribution in [0.1, 0.15) is 12.0 Å². The van der Waals surface area contributed by atoms with Crippen molar-refractivity contribution in [3.05, 3.63) is 66.1 Å². The number of nitriles is 1. The lowest BCUT2D eigenvalue weighted by Gasteiger charge is -2.35. The van der Waals surface area contributed by atoms with Crippen LogP contribution in [0.2, 0.25) is 0 Å². The van der Waals surface area contributed by atoms with Crippen molar-refractivity contribution in [3.63, 3.8) is 0 Å². The Bertz CT molecular complexity index is 1170. The van der Waals surface area contributed by atoms with Crippen LogP contribution in [0.4, 0.5) is 26.5 Å². The highest BCUT2D eigenvalue weighted by atomic mass is 19.1. The van der Waals surface area contributed by atoms with Gasteiger partial charge in [0.15, 0.2) is 5.82 Å². The van der Waals surface area contributed by atoms with E-state index < -0.39 is 5.82 Å². The summed E-state index contributed by atoms with van der Waals surface area (Å²) >= 11 is 0. The maximum atomic E-state index is 13.1. The topological polar surface area (TPSA) is 85.1 Å². The normalized spacial score (nSPS) is 16.7. The van der Waals surface area contributed by atoms with Crippen LogP contribution in [0.25, 0.3) is 11.3 Å². The first-order chi connectivity index (χ1) is 14.6. The molecule has 2 aromatic heterocycles. The lowest BCUT2D eigenvalue weighted by Crippen LogP contribution is -2.48. The molecule has 2 bridgehead atoms. The average Bonchev–Trinajstić information content (AvgIpc) is 3.19. The molecule has 30 heavy (non-hydrogen) atoms. The minimum Gasteiger partial charge on any atom is -0.366 e. The van der Waals surface area contributed by atoms with Crippen LogP contribution in [0.15, 0.2) is 54.7 Å². The van der Waals surface area contributed by atoms with Crippen LogP contribution in [0.5, 0.6) is 0 Å². The SMILES string of the molecule is N#Cc1cccc(-c2ccc3c(n2)N(C(=O)Nc2ccc(F)cn2)[C@H]2CCN3C2)c1. The maximum Gasteiger partial charge on any atom is 0.329 e. The molecule has 5 rings (SSSR count). The molecule has 1 N–H and O–H groups in total. The first-order valence-corrected chi connectivity index (χ1v) is 9.61. The third-order valence-corrected chi connectivity index (χ3v) is 5.42. The molecule has 2 aliphatic rings. The number of benzene rings is 1. The fourth-order valence-corrected chi connectivity index (χ4v) is 4.00. The molecule has 1 atom stereocenters. The number of hydrogen-bond donors (Lipinski definition) is 1. The van der Waals surface area contributed by atoms with Gasteiger partial charge in [-0.15, -0.1) is 0 Å². The molecule has 0 unspecified atom stereocenters. The van der Waals surface area contributed by atoms with E-state index in [1.165, 1.54) is 12.1 Å². The fraction of sp³-hybridized carbons (Fsp3) is 0.182. The Morgan fingerprint density at radius 3 is 2.93 bits per heavy atom. The minimum atomic E-state index is -0.464. The van der Waals surface area contributed by atoms with E-state index in [2.05, 4.69) is 21.3 Å². The van der Waals surface area contributed by atoms with Gasteiger partial charge >= 0.3 is 6.03 Å². The summed E-state index contributed by atoms with van der Waals surface area (Å²) in [5, 5.41) is 11.9. The fourth-order valence-electron chi connectivity index (χ4n) is 4.00. The van der Waals surface area contributed by atoms with Crippen molar-refractivity contribution < 1.29 is 9.18 Å². The van der Waals surface area contributed by atoms with E-state index in [9.17, 15) is 14.4 Å². The number of aromatic nitrogens is 2. The first kappa shape index (κ1) is 18.1. The highest BCUT2D eigenvalue weighted by Gasteiger charge is 2.40. The number of nitrogens with zero attached hydrogens (tertiary/aromatic N) is 5. The molecule has 4 heterocycles. The molecule has 8 heteroatoms. The van der Waals surface area contributed by atoms with Crippen molar-refractivity contribution in [2.24, 2.45) is 0 Å². The molecule has 148 valence electrons. The van der Waals surface area contributed by atoms with Crippen molar-refractivity contribution in [1.82, 2.24) is 9.97 Å². The lowest BCUT2D eigenvalue weighted by molar-refractivity contribution is 0.254. The number of halogens is 1. The summed E-state index contributed by atoms with van der Waals surface area (Å²) in [5.41, 5.74) is 2.94. The van der Waals surface area contributed by atoms with Crippen LogP contribution in [-0.4, -0.2) is 35.1 Å². The maximum absolute atomic E-state index is 13.1. The molecular formula is C22H17FN6O. The third-order valence-electron chi connectivity index (χ3n) is 5.42. The lowest BCUT2D eigenvalue weighted by atomic mass is 10.1. The second-order valence-electron chi connectivity index (χ2n) is 7.28. The van der Waals surface area contributed by atoms with E-state index in [1.54, 1.807) is 17.0 Å². The Labute approximate surface area is 172 Å². The zero-order chi connectivity index (χ0) is 20.7. The number of fused-ring (bicyclic) bond motifs is 4. The van der Waals surface area contributed by atoms with E-state index >= 15 is 0 Å². The zero-order valence-electron chi connectivity index (χ0n) is 15.9. The van der Waals surface area contributed by atoms with Gasteiger partial charge in [-0.05, 0) is 42.8 Å². The largest absolute Gasteiger partial charge is 0.366 e. The van der Waals surface area contributed by atoms with Crippen LogP contribution in [0.3, 0.4) is 0 Å². The zero-order valence-corrected chi connectivity index (χ0v) is 15.9. The molecule has 0 radical (unpaired) electrons. The molecule has 1 saturated heterocycles. The second-order valence-corrected chi connectivity index (χ2v) is 7.28. The molecule has 0 spiro atoms. The number of urea groups is 1. The Morgan fingerprint density at radius 2 is 2.13 bits per heavy atom. The van der Waals surface area contributed by atoms with E-state index in [4.69, 9.17) is 4.98 Å². The number of pyridine rings is 2. The van der Waals surface area contributed by atoms with Crippen LogP contribution < -0.4 is 15.1 Å². The number of carbonyl (C=O) groups excluding carboxylic acids is 1. The number of nitrogens with one attached hydrogen (secondary N) is 1. The smallest absolute Gasteiger partial charge is 0.329 e. The van der Waals surface area contributed by atoms with Gasteiger partial charge in [0, 0.05) is 18.7 Å². The van der Waals surface area contributed by atoms with Crippen molar-refractivity contribution in [2.75, 3.05) is 28.2 Å². The van der Waals surface area contributed by atoms with Gasteiger partial charge in [-0.1, -0.05) is 12.1 Å². The van der Waals surface area contributed by atoms with Crippen LogP contribution in [-0.2, 0) is 0 Å². The van der Waals surface area contributed by atoms with Crippen LogP contribution >= 0.6 is 0 Å². The standard InChI is InChI=1S/C22H17FN6O/c23-16-4-7-20(25-12-16)27-22(30)29-17-8-9-28(13-17)19-6-5-18(26-21(19)29)15-3-1-2-14(10-15)11-24/h1-7,10,12,17H,8-9,13H2,(H,25,27,30)/t17-/m0/s1. The highest BCUT2D eigenvalue weighted by Crippen LogP contribution is 2.40. The van der Waals surface area contributed by atoms with Crippen molar-refractivity contribution in [1.29, 1.82) is 5.26 Å². The second kappa shape index (κ2) is 7.12. The Balaban J connectivity index is 1.53. The number of carbonyl (C=O) groups is 1. The van der Waals surface area contributed by atoms with Gasteiger partial charge in [0.1, 0.15) is 11.6 Å². The number of hydrogen-bond acceptors (Lipinski definition) is 5. The van der Waals surface area contributed by atoms with Gasteiger partial charge in [-0.3, -0.25) is 10.2 Å². The Morgan fingerprint density at radius 1 is 1.23 bits per heavy atom. The van der Waals surface area contributed by atoms with Crippen molar-refractivity contribution >= 4 is 23.4 Å². The summed E-state index contributed by atoms with van der Waals surface area (Å²) in [6.45, 7) is 1.59. The van der Waals surface area contributed by atoms with E-state index in [0.29, 0.717) is 17.1 Å². The predicted molar refractivity (Wildman–Crippen MR) is 111 cm³/mol. The quantitative estimate of drug-likeness (QED) is 0.708. The molecular weight excluding hydrogens is 383 g/mol. The van der Waals surface area contributed by atoms with Gasteiger partial charge in [0.25, 0.3) is 0 Å². The number of amides is 2. The summed E-state index contributed by atoms with van der Waals surface area (Å²) in [5.74, 6) is 0.387. The van der Waals surface area contributed by atoms with Crippen LogP contribution in [0, 0.1) is 17.1 Å². The average molecular weight is 400 g/mol. The molecule has 0 aliphatic carbocycles. The molecule has 1 fully saturated rings. The highest BCUT2D eigenvalue weighted by molar-refractivity contribution is 6.04. The monoisotopic (exact) mass is 400 g/mol. The molecule has 2 aliphatic heterocycles. The predicted octanol–water partition coefficient (Wildman–Crippen LogP) is 3.79. The van der Waals surface area contributed by atoms with Gasteiger partial charge < -0.3 is 4.90 Å². The third kappa shape index (κ3) is 3.10. The van der Waals surface area contributed by atoms with E-state index in [-0.39, 0.29) is 17.9 Å². The van der Waals surface area contributed by atoms with E-state index in [0.717, 1.165) is 37.0 Å². The summed E-state index contributed by atoms with van der Waals surface area (Å²) < 4.78 is 13.1. The van der Waals surface area contributed by atoms with Gasteiger partial charge in [-0.25, -0.2) is 19.2 Å². The van der Waals surface area contributed by atoms with Crippen molar-refractivity contribution in [3.8, 4) is 17.3 Å². The summed E-state index contributed by atoms with van der Waals surface area (Å²) in [6.07, 6.45) is 1.90. The first-order valence-electron chi connectivity index (χ1n) is 9.61. The van der Waals surface area contributed by atoms with E-state index in [1.807, 2.05) is 24.3 Å². The number of anilines is 3. The van der Waals surface area contributed by atoms with Gasteiger partial charge in [0.05, 0.1) is 35.3 Å². The minimum absolute atomic E-state index is 0.00820. The molecule has 7 nitrogen and oxygen atoms in total. The molecule has 0 saturated carbocycles. The summed E-state index contributed by atoms with van der Waals surface area (Å²) in [4.78, 5) is 25.7. The Hall–Kier alpha value is -3.99. The van der Waals surface area contributed by atoms with Crippen molar-refractivity contribution in [2.45, 2.75) is 12.5 Å². The van der Waals surface area contributed by atoms with Gasteiger partial charge in [0.2, 0.25) is 0 Å². The summed E-state index contributed by atoms with van der Waals surface area (Å²) in [6, 6.07) is 15.6. The number of rotatable bonds is 2. The molecule has 1 aromatic carbocycles. The summed E-state index contributed by atoms with van der Waals surface area (Å²) in [7, 11) is 0. The Kier molecular flexibility index (Phi) is 4.29. The molecule has 3 aromatic rings. The molecule has 2 amide bonds.